The first-order valence-electron chi connectivity index (χ1n) is 22.7. The fourth-order valence-corrected chi connectivity index (χ4v) is 7.85. The van der Waals surface area contributed by atoms with Gasteiger partial charge in [-0.3, -0.25) is 23.5 Å². The summed E-state index contributed by atoms with van der Waals surface area (Å²) in [5.41, 5.74) is 5.39. The lowest BCUT2D eigenvalue weighted by molar-refractivity contribution is -0.440. The van der Waals surface area contributed by atoms with Crippen molar-refractivity contribution in [3.05, 3.63) is 77.0 Å². The highest BCUT2D eigenvalue weighted by Gasteiger charge is 2.19. The van der Waals surface area contributed by atoms with E-state index < -0.39 is 32.0 Å². The van der Waals surface area contributed by atoms with Crippen molar-refractivity contribution in [3.8, 4) is 0 Å². The zero-order chi connectivity index (χ0) is 49.7. The van der Waals surface area contributed by atoms with Gasteiger partial charge in [-0.25, -0.2) is 0 Å². The summed E-state index contributed by atoms with van der Waals surface area (Å²) in [6.07, 6.45) is 9.33. The minimum Gasteiger partial charge on any atom is -0.481 e. The Bertz CT molecular complexity index is 2180. The molecule has 5 N–H and O–H groups in total. The fourth-order valence-electron chi connectivity index (χ4n) is 6.79. The van der Waals surface area contributed by atoms with Crippen molar-refractivity contribution in [2.75, 3.05) is 83.1 Å². The minimum absolute atomic E-state index is 0.0574. The normalized spacial score (nSPS) is 12.6. The molecule has 0 radical (unpaired) electrons. The number of hydrogen-bond donors (Lipinski definition) is 5. The van der Waals surface area contributed by atoms with Crippen molar-refractivity contribution in [3.63, 3.8) is 0 Å². The SMILES string of the molecule is CCCOCCOCCOCCOCCNC(=O)CCCC(=O)NCc1ccc([N+](CCCS(=O)(=O)O)=C(C)/C=C/C=C(\C)N(CCCCCC(=O)O)c2ccc(S(=O)(=O)O)cc2C)c(C)c1. The van der Waals surface area contributed by atoms with Crippen LogP contribution in [0.4, 0.5) is 11.4 Å². The summed E-state index contributed by atoms with van der Waals surface area (Å²) in [6, 6.07) is 10.0. The first-order valence-corrected chi connectivity index (χ1v) is 25.8. The van der Waals surface area contributed by atoms with E-state index >= 15 is 0 Å². The van der Waals surface area contributed by atoms with Crippen molar-refractivity contribution in [1.29, 1.82) is 0 Å². The topological polar surface area (TPSA) is 247 Å². The summed E-state index contributed by atoms with van der Waals surface area (Å²) >= 11 is 0. The lowest BCUT2D eigenvalue weighted by atomic mass is 10.1. The number of carbonyl (C=O) groups is 3. The van der Waals surface area contributed by atoms with Crippen LogP contribution in [0.25, 0.3) is 0 Å². The van der Waals surface area contributed by atoms with Crippen molar-refractivity contribution >= 4 is 55.1 Å². The van der Waals surface area contributed by atoms with Crippen LogP contribution >= 0.6 is 0 Å². The Morgan fingerprint density at radius 2 is 1.36 bits per heavy atom. The maximum atomic E-state index is 12.6. The number of allylic oxidation sites excluding steroid dienone is 4. The number of aliphatic carboxylic acids is 1. The molecule has 67 heavy (non-hydrogen) atoms. The number of carboxylic acid groups (broad SMARTS) is 1. The zero-order valence-corrected chi connectivity index (χ0v) is 41.4. The minimum atomic E-state index is -4.41. The Kier molecular flexibility index (Phi) is 28.2. The first-order chi connectivity index (χ1) is 31.8. The molecule has 0 fully saturated rings. The van der Waals surface area contributed by atoms with Gasteiger partial charge in [0, 0.05) is 87.9 Å². The fraction of sp³-hybridized carbons (Fsp3) is 0.574. The molecule has 0 spiro atoms. The van der Waals surface area contributed by atoms with Crippen LogP contribution in [0.15, 0.2) is 65.2 Å². The molecule has 2 aromatic carbocycles. The van der Waals surface area contributed by atoms with Crippen LogP contribution in [0.3, 0.4) is 0 Å². The molecule has 20 heteroatoms. The van der Waals surface area contributed by atoms with Crippen molar-refractivity contribution in [2.45, 2.75) is 104 Å². The lowest BCUT2D eigenvalue weighted by Crippen LogP contribution is -2.28. The van der Waals surface area contributed by atoms with Crippen LogP contribution in [0.1, 0.15) is 95.2 Å². The standard InChI is InChI=1S/C47H72N4O14S2/c1-6-25-62-27-29-64-31-32-65-30-28-63-26-22-48-45(52)15-11-16-46(53)49-36-41-18-20-43(37(2)34-41)51(24-12-33-66(56,57)58)40(5)14-10-13-39(4)50(23-9-7-8-17-47(54)55)44-21-19-42(35-38(44)3)67(59,60)61/h10,13-14,18-21,34-35H,6-9,11-12,15-17,22-33,36H2,1-5H3,(H4-,48,49,52,53,54,55,56,57,58,59,60,61)/p+1. The van der Waals surface area contributed by atoms with Crippen molar-refractivity contribution in [2.24, 2.45) is 0 Å². The Labute approximate surface area is 397 Å². The molecular formula is C47H73N4O14S2+. The number of carbonyl (C=O) groups excluding carboxylic acids is 2. The molecule has 2 aromatic rings. The van der Waals surface area contributed by atoms with Gasteiger partial charge >= 0.3 is 5.97 Å². The Hall–Kier alpha value is -4.54. The van der Waals surface area contributed by atoms with Crippen LogP contribution < -0.4 is 15.5 Å². The molecular weight excluding hydrogens is 909 g/mol. The highest BCUT2D eigenvalue weighted by atomic mass is 32.2. The Morgan fingerprint density at radius 1 is 0.731 bits per heavy atom. The highest BCUT2D eigenvalue weighted by molar-refractivity contribution is 7.86. The predicted molar refractivity (Wildman–Crippen MR) is 257 cm³/mol. The van der Waals surface area contributed by atoms with E-state index in [-0.39, 0.29) is 55.5 Å². The molecule has 0 aliphatic carbocycles. The first kappa shape index (κ1) is 58.6. The van der Waals surface area contributed by atoms with Gasteiger partial charge in [-0.1, -0.05) is 25.5 Å². The second-order valence-corrected chi connectivity index (χ2v) is 18.9. The number of anilines is 1. The van der Waals surface area contributed by atoms with E-state index in [9.17, 15) is 40.3 Å². The summed E-state index contributed by atoms with van der Waals surface area (Å²) in [5.74, 6) is -1.66. The van der Waals surface area contributed by atoms with Gasteiger partial charge in [0.25, 0.3) is 20.2 Å². The number of carboxylic acids is 1. The van der Waals surface area contributed by atoms with Gasteiger partial charge in [0.2, 0.25) is 17.5 Å². The molecule has 0 heterocycles. The molecule has 376 valence electrons. The molecule has 0 aliphatic heterocycles. The predicted octanol–water partition coefficient (Wildman–Crippen LogP) is 5.92. The molecule has 0 bridgehead atoms. The molecule has 0 atom stereocenters. The monoisotopic (exact) mass is 981 g/mol. The molecule has 0 saturated carbocycles. The van der Waals surface area contributed by atoms with E-state index in [2.05, 4.69) is 17.6 Å². The quantitative estimate of drug-likeness (QED) is 0.0175. The number of rotatable bonds is 36. The maximum absolute atomic E-state index is 12.6. The van der Waals surface area contributed by atoms with E-state index in [1.807, 2.05) is 66.7 Å². The van der Waals surface area contributed by atoms with Crippen LogP contribution in [-0.4, -0.2) is 137 Å². The highest BCUT2D eigenvalue weighted by Crippen LogP contribution is 2.27. The second-order valence-electron chi connectivity index (χ2n) is 15.9. The Morgan fingerprint density at radius 3 is 1.94 bits per heavy atom. The van der Waals surface area contributed by atoms with Gasteiger partial charge in [0.1, 0.15) is 6.54 Å². The van der Waals surface area contributed by atoms with Crippen molar-refractivity contribution < 1.29 is 69.0 Å². The third-order valence-corrected chi connectivity index (χ3v) is 11.9. The van der Waals surface area contributed by atoms with Crippen LogP contribution in [-0.2, 0) is 60.1 Å². The third-order valence-electron chi connectivity index (χ3n) is 10.2. The number of hydrogen-bond acceptors (Lipinski definition) is 12. The average molecular weight is 982 g/mol. The van der Waals surface area contributed by atoms with Gasteiger partial charge in [-0.2, -0.15) is 21.4 Å². The number of nitrogens with one attached hydrogen (secondary N) is 2. The molecule has 2 rings (SSSR count). The Balaban J connectivity index is 2.01. The van der Waals surface area contributed by atoms with E-state index in [0.29, 0.717) is 96.3 Å². The largest absolute Gasteiger partial charge is 0.481 e. The summed E-state index contributed by atoms with van der Waals surface area (Å²) in [7, 11) is -8.61. The van der Waals surface area contributed by atoms with Crippen LogP contribution in [0, 0.1) is 13.8 Å². The summed E-state index contributed by atoms with van der Waals surface area (Å²) in [6.45, 7) is 14.8. The molecule has 2 amide bonds. The molecule has 0 aromatic heterocycles. The molecule has 18 nitrogen and oxygen atoms in total. The zero-order valence-electron chi connectivity index (χ0n) is 39.8. The number of amides is 2. The number of ether oxygens (including phenoxy) is 4. The number of nitrogens with zero attached hydrogens (tertiary/aromatic N) is 2. The average Bonchev–Trinajstić information content (AvgIpc) is 3.25. The van der Waals surface area contributed by atoms with Crippen molar-refractivity contribution in [1.82, 2.24) is 10.6 Å². The van der Waals surface area contributed by atoms with Crippen LogP contribution in [0.2, 0.25) is 0 Å². The molecule has 0 unspecified atom stereocenters. The van der Waals surface area contributed by atoms with Gasteiger partial charge in [-0.15, -0.1) is 0 Å². The smallest absolute Gasteiger partial charge is 0.303 e. The maximum Gasteiger partial charge on any atom is 0.303 e. The number of unbranched alkanes of at least 4 members (excludes halogenated alkanes) is 2. The van der Waals surface area contributed by atoms with Gasteiger partial charge in [-0.05, 0) is 87.9 Å². The van der Waals surface area contributed by atoms with E-state index in [1.54, 1.807) is 13.0 Å². The number of benzene rings is 2. The van der Waals surface area contributed by atoms with E-state index in [1.165, 1.54) is 12.1 Å². The third kappa shape index (κ3) is 26.0. The molecule has 0 saturated heterocycles. The van der Waals surface area contributed by atoms with Crippen LogP contribution in [0.5, 0.6) is 0 Å². The van der Waals surface area contributed by atoms with E-state index in [0.717, 1.165) is 41.3 Å². The summed E-state index contributed by atoms with van der Waals surface area (Å²) < 4.78 is 89.5. The molecule has 0 aliphatic rings. The van der Waals surface area contributed by atoms with E-state index in [4.69, 9.17) is 24.1 Å². The number of aryl methyl sites for hydroxylation is 2. The van der Waals surface area contributed by atoms with Gasteiger partial charge < -0.3 is 39.6 Å². The van der Waals surface area contributed by atoms with Gasteiger partial charge in [0.15, 0.2) is 5.71 Å². The summed E-state index contributed by atoms with van der Waals surface area (Å²) in [5, 5.41) is 14.7. The van der Waals surface area contributed by atoms with Gasteiger partial charge in [0.05, 0.1) is 56.9 Å². The summed E-state index contributed by atoms with van der Waals surface area (Å²) in [4.78, 5) is 37.7. The second kappa shape index (κ2) is 32.3. The lowest BCUT2D eigenvalue weighted by Gasteiger charge is -2.27.